The van der Waals surface area contributed by atoms with E-state index in [1.165, 1.54) is 12.1 Å². The van der Waals surface area contributed by atoms with Crippen molar-refractivity contribution in [1.29, 1.82) is 0 Å². The van der Waals surface area contributed by atoms with Gasteiger partial charge in [-0.1, -0.05) is 41.9 Å². The molecule has 0 fully saturated rings. The van der Waals surface area contributed by atoms with Gasteiger partial charge >= 0.3 is 6.03 Å². The van der Waals surface area contributed by atoms with E-state index in [0.29, 0.717) is 11.3 Å². The van der Waals surface area contributed by atoms with Gasteiger partial charge in [-0.15, -0.1) is 0 Å². The number of halogens is 2. The van der Waals surface area contributed by atoms with Gasteiger partial charge in [-0.3, -0.25) is 0 Å². The highest BCUT2D eigenvalue weighted by molar-refractivity contribution is 6.33. The highest BCUT2D eigenvalue weighted by atomic mass is 35.5. The van der Waals surface area contributed by atoms with Crippen molar-refractivity contribution >= 4 is 23.3 Å². The second-order valence-electron chi connectivity index (χ2n) is 4.39. The van der Waals surface area contributed by atoms with Crippen LogP contribution in [0, 0.1) is 5.82 Å². The summed E-state index contributed by atoms with van der Waals surface area (Å²) in [5.74, 6) is -0.481. The van der Waals surface area contributed by atoms with Gasteiger partial charge in [0.1, 0.15) is 5.82 Å². The number of carbonyl (C=O) groups excluding carboxylic acids is 1. The number of hydrogen-bond acceptors (Lipinski definition) is 2. The summed E-state index contributed by atoms with van der Waals surface area (Å²) in [6.07, 6.45) is -0.805. The molecule has 6 heteroatoms. The molecular formula is C15H14ClFN2O2. The number of anilines is 1. The molecule has 0 aromatic heterocycles. The minimum absolute atomic E-state index is 0.0503. The van der Waals surface area contributed by atoms with Crippen molar-refractivity contribution in [2.75, 3.05) is 11.9 Å². The van der Waals surface area contributed by atoms with Crippen LogP contribution in [0.4, 0.5) is 14.9 Å². The maximum atomic E-state index is 12.9. The Kier molecular flexibility index (Phi) is 5.14. The molecule has 2 rings (SSSR count). The van der Waals surface area contributed by atoms with Crippen molar-refractivity contribution in [1.82, 2.24) is 5.32 Å². The number of rotatable bonds is 4. The largest absolute Gasteiger partial charge is 0.387 e. The molecule has 0 saturated heterocycles. The predicted octanol–water partition coefficient (Wildman–Crippen LogP) is 3.33. The Morgan fingerprint density at radius 1 is 1.24 bits per heavy atom. The molecule has 4 nitrogen and oxygen atoms in total. The Balaban J connectivity index is 1.87. The average molecular weight is 309 g/mol. The topological polar surface area (TPSA) is 61.4 Å². The van der Waals surface area contributed by atoms with Crippen LogP contribution in [0.25, 0.3) is 0 Å². The van der Waals surface area contributed by atoms with Crippen molar-refractivity contribution in [3.05, 3.63) is 64.9 Å². The summed E-state index contributed by atoms with van der Waals surface area (Å²) in [6, 6.07) is 12.1. The summed E-state index contributed by atoms with van der Waals surface area (Å²) in [5, 5.41) is 15.0. The molecule has 0 aliphatic rings. The first-order chi connectivity index (χ1) is 10.1. The maximum Gasteiger partial charge on any atom is 0.319 e. The van der Waals surface area contributed by atoms with Crippen LogP contribution in [0.3, 0.4) is 0 Å². The number of aliphatic hydroxyl groups is 1. The summed E-state index contributed by atoms with van der Waals surface area (Å²) in [6.45, 7) is 0.0503. The minimum Gasteiger partial charge on any atom is -0.387 e. The SMILES string of the molecule is O=C(NCC(O)c1ccccc1)Nc1ccc(F)cc1Cl. The first-order valence-electron chi connectivity index (χ1n) is 6.29. The van der Waals surface area contributed by atoms with Gasteiger partial charge in [0.15, 0.2) is 0 Å². The van der Waals surface area contributed by atoms with E-state index in [4.69, 9.17) is 11.6 Å². The van der Waals surface area contributed by atoms with Crippen molar-refractivity contribution in [2.24, 2.45) is 0 Å². The lowest BCUT2D eigenvalue weighted by molar-refractivity contribution is 0.175. The Hall–Kier alpha value is -2.11. The molecule has 0 bridgehead atoms. The number of urea groups is 1. The number of amides is 2. The molecule has 2 aromatic rings. The van der Waals surface area contributed by atoms with Gasteiger partial charge in [0.2, 0.25) is 0 Å². The van der Waals surface area contributed by atoms with E-state index >= 15 is 0 Å². The molecule has 0 saturated carbocycles. The molecule has 110 valence electrons. The molecule has 1 unspecified atom stereocenters. The Morgan fingerprint density at radius 3 is 2.62 bits per heavy atom. The number of carbonyl (C=O) groups is 1. The molecule has 0 aliphatic carbocycles. The maximum absolute atomic E-state index is 12.9. The third-order valence-corrected chi connectivity index (χ3v) is 3.13. The van der Waals surface area contributed by atoms with Crippen LogP contribution in [0.15, 0.2) is 48.5 Å². The van der Waals surface area contributed by atoms with Gasteiger partial charge < -0.3 is 15.7 Å². The molecule has 0 spiro atoms. The van der Waals surface area contributed by atoms with Gasteiger partial charge in [-0.25, -0.2) is 9.18 Å². The molecular weight excluding hydrogens is 295 g/mol. The average Bonchev–Trinajstić information content (AvgIpc) is 2.48. The fraction of sp³-hybridized carbons (Fsp3) is 0.133. The zero-order valence-corrected chi connectivity index (χ0v) is 11.8. The lowest BCUT2D eigenvalue weighted by Crippen LogP contribution is -2.32. The van der Waals surface area contributed by atoms with Gasteiger partial charge in [-0.05, 0) is 23.8 Å². The smallest absolute Gasteiger partial charge is 0.319 e. The Morgan fingerprint density at radius 2 is 1.95 bits per heavy atom. The van der Waals surface area contributed by atoms with E-state index < -0.39 is 18.0 Å². The summed E-state index contributed by atoms with van der Waals surface area (Å²) in [5.41, 5.74) is 1.00. The van der Waals surface area contributed by atoms with Crippen molar-refractivity contribution in [3.63, 3.8) is 0 Å². The summed E-state index contributed by atoms with van der Waals surface area (Å²) >= 11 is 5.80. The van der Waals surface area contributed by atoms with Gasteiger partial charge in [-0.2, -0.15) is 0 Å². The summed E-state index contributed by atoms with van der Waals surface area (Å²) in [4.78, 5) is 11.7. The molecule has 2 aromatic carbocycles. The van der Waals surface area contributed by atoms with Crippen LogP contribution in [0.2, 0.25) is 5.02 Å². The number of hydrogen-bond donors (Lipinski definition) is 3. The molecule has 1 atom stereocenters. The Labute approximate surface area is 126 Å². The highest BCUT2D eigenvalue weighted by Gasteiger charge is 2.10. The van der Waals surface area contributed by atoms with Crippen molar-refractivity contribution in [3.8, 4) is 0 Å². The molecule has 0 aliphatic heterocycles. The molecule has 2 amide bonds. The van der Waals surface area contributed by atoms with Gasteiger partial charge in [0.05, 0.1) is 16.8 Å². The summed E-state index contributed by atoms with van der Waals surface area (Å²) in [7, 11) is 0. The monoisotopic (exact) mass is 308 g/mol. The highest BCUT2D eigenvalue weighted by Crippen LogP contribution is 2.22. The van der Waals surface area contributed by atoms with E-state index in [1.807, 2.05) is 6.07 Å². The third kappa shape index (κ3) is 4.44. The molecule has 0 heterocycles. The number of benzene rings is 2. The first-order valence-corrected chi connectivity index (χ1v) is 6.67. The summed E-state index contributed by atoms with van der Waals surface area (Å²) < 4.78 is 12.9. The lowest BCUT2D eigenvalue weighted by Gasteiger charge is -2.13. The number of aliphatic hydroxyl groups excluding tert-OH is 1. The molecule has 21 heavy (non-hydrogen) atoms. The van der Waals surface area contributed by atoms with E-state index in [9.17, 15) is 14.3 Å². The van der Waals surface area contributed by atoms with Gasteiger partial charge in [0, 0.05) is 6.54 Å². The zero-order chi connectivity index (χ0) is 15.2. The van der Waals surface area contributed by atoms with Crippen LogP contribution in [0.5, 0.6) is 0 Å². The van der Waals surface area contributed by atoms with Gasteiger partial charge in [0.25, 0.3) is 0 Å². The minimum atomic E-state index is -0.805. The molecule has 0 radical (unpaired) electrons. The van der Waals surface area contributed by atoms with Crippen LogP contribution in [-0.4, -0.2) is 17.7 Å². The quantitative estimate of drug-likeness (QED) is 0.811. The standard InChI is InChI=1S/C15H14ClFN2O2/c16-12-8-11(17)6-7-13(12)19-15(21)18-9-14(20)10-4-2-1-3-5-10/h1-8,14,20H,9H2,(H2,18,19,21). The van der Waals surface area contributed by atoms with Crippen LogP contribution in [0.1, 0.15) is 11.7 Å². The fourth-order valence-electron chi connectivity index (χ4n) is 1.74. The van der Waals surface area contributed by atoms with E-state index in [-0.39, 0.29) is 11.6 Å². The van der Waals surface area contributed by atoms with Crippen molar-refractivity contribution < 1.29 is 14.3 Å². The lowest BCUT2D eigenvalue weighted by atomic mass is 10.1. The predicted molar refractivity (Wildman–Crippen MR) is 79.8 cm³/mol. The van der Waals surface area contributed by atoms with E-state index in [2.05, 4.69) is 10.6 Å². The van der Waals surface area contributed by atoms with E-state index in [1.54, 1.807) is 24.3 Å². The second kappa shape index (κ2) is 7.06. The fourth-order valence-corrected chi connectivity index (χ4v) is 1.95. The van der Waals surface area contributed by atoms with Crippen molar-refractivity contribution in [2.45, 2.75) is 6.10 Å². The van der Waals surface area contributed by atoms with Crippen LogP contribution >= 0.6 is 11.6 Å². The third-order valence-electron chi connectivity index (χ3n) is 2.82. The second-order valence-corrected chi connectivity index (χ2v) is 4.79. The molecule has 3 N–H and O–H groups in total. The number of nitrogens with one attached hydrogen (secondary N) is 2. The Bertz CT molecular complexity index is 622. The normalized spacial score (nSPS) is 11.8. The zero-order valence-electron chi connectivity index (χ0n) is 11.0. The van der Waals surface area contributed by atoms with E-state index in [0.717, 1.165) is 6.07 Å². The van der Waals surface area contributed by atoms with Crippen LogP contribution in [-0.2, 0) is 0 Å². The first kappa shape index (κ1) is 15.3. The van der Waals surface area contributed by atoms with Crippen LogP contribution < -0.4 is 10.6 Å².